The van der Waals surface area contributed by atoms with E-state index < -0.39 is 35.2 Å². The maximum Gasteiger partial charge on any atom is 0.407 e. The topological polar surface area (TPSA) is 84.9 Å². The lowest BCUT2D eigenvalue weighted by Gasteiger charge is -2.56. The summed E-state index contributed by atoms with van der Waals surface area (Å²) in [5.41, 5.74) is 0.857. The second-order valence-electron chi connectivity index (χ2n) is 11.4. The molecule has 0 unspecified atom stereocenters. The van der Waals surface area contributed by atoms with Crippen LogP contribution in [0.15, 0.2) is 91.0 Å². The lowest BCUT2D eigenvalue weighted by molar-refractivity contribution is -0.197. The van der Waals surface area contributed by atoms with Gasteiger partial charge in [-0.05, 0) is 43.9 Å². The molecule has 1 N–H and O–H groups in total. The number of ether oxygens (including phenoxy) is 2. The number of carbonyl (C=O) groups is 3. The fourth-order valence-electron chi connectivity index (χ4n) is 5.15. The van der Waals surface area contributed by atoms with Crippen LogP contribution >= 0.6 is 0 Å². The highest BCUT2D eigenvalue weighted by Crippen LogP contribution is 2.42. The maximum absolute atomic E-state index is 13.8. The molecular weight excluding hydrogens is 504 g/mol. The fraction of sp³-hybridized carbons (Fsp3) is 0.364. The van der Waals surface area contributed by atoms with Gasteiger partial charge >= 0.3 is 12.1 Å². The number of hydrogen-bond donors (Lipinski definition) is 1. The summed E-state index contributed by atoms with van der Waals surface area (Å²) < 4.78 is 11.4. The van der Waals surface area contributed by atoms with Gasteiger partial charge in [0, 0.05) is 13.0 Å². The molecule has 3 aromatic carbocycles. The Kier molecular flexibility index (Phi) is 8.93. The van der Waals surface area contributed by atoms with Crippen molar-refractivity contribution >= 4 is 18.0 Å². The molecule has 1 aliphatic heterocycles. The molecule has 2 amide bonds. The van der Waals surface area contributed by atoms with E-state index >= 15 is 0 Å². The monoisotopic (exact) mass is 542 g/mol. The van der Waals surface area contributed by atoms with Crippen LogP contribution in [0.1, 0.15) is 44.4 Å². The molecule has 7 heteroatoms. The molecule has 0 radical (unpaired) electrons. The van der Waals surface area contributed by atoms with Gasteiger partial charge in [0.2, 0.25) is 5.91 Å². The zero-order valence-electron chi connectivity index (χ0n) is 23.6. The molecule has 4 rings (SSSR count). The van der Waals surface area contributed by atoms with E-state index in [0.29, 0.717) is 12.8 Å². The van der Waals surface area contributed by atoms with Gasteiger partial charge in [-0.1, -0.05) is 97.9 Å². The Hall–Kier alpha value is -4.13. The van der Waals surface area contributed by atoms with Gasteiger partial charge in [0.05, 0.1) is 12.0 Å². The van der Waals surface area contributed by atoms with Gasteiger partial charge in [0.25, 0.3) is 0 Å². The molecule has 0 bridgehead atoms. The van der Waals surface area contributed by atoms with Crippen LogP contribution in [0.25, 0.3) is 0 Å². The second-order valence-corrected chi connectivity index (χ2v) is 11.4. The number of benzene rings is 3. The first-order valence-corrected chi connectivity index (χ1v) is 13.7. The quantitative estimate of drug-likeness (QED) is 0.277. The Labute approximate surface area is 236 Å². The van der Waals surface area contributed by atoms with Gasteiger partial charge in [-0.25, -0.2) is 9.59 Å². The van der Waals surface area contributed by atoms with Crippen LogP contribution in [-0.2, 0) is 38.5 Å². The number of β-lactam (4-membered cyclic amide) rings is 1. The number of alkyl carbamates (subject to hydrolysis) is 1. The number of nitrogens with zero attached hydrogens (tertiary/aromatic N) is 1. The Balaban J connectivity index is 1.60. The van der Waals surface area contributed by atoms with E-state index in [1.54, 1.807) is 11.8 Å². The number of likely N-dealkylation sites (tertiary alicyclic amines) is 1. The Morgan fingerprint density at radius 1 is 0.875 bits per heavy atom. The fourth-order valence-corrected chi connectivity index (χ4v) is 5.15. The van der Waals surface area contributed by atoms with Crippen LogP contribution in [0.5, 0.6) is 0 Å². The van der Waals surface area contributed by atoms with Crippen LogP contribution in [0.3, 0.4) is 0 Å². The minimum Gasteiger partial charge on any atom is -0.458 e. The average molecular weight is 543 g/mol. The van der Waals surface area contributed by atoms with Crippen molar-refractivity contribution in [1.29, 1.82) is 0 Å². The van der Waals surface area contributed by atoms with Gasteiger partial charge < -0.3 is 19.7 Å². The second kappa shape index (κ2) is 12.4. The summed E-state index contributed by atoms with van der Waals surface area (Å²) in [6.07, 6.45) is 0.179. The number of amides is 2. The molecule has 0 saturated carbocycles. The van der Waals surface area contributed by atoms with Crippen molar-refractivity contribution in [3.05, 3.63) is 108 Å². The van der Waals surface area contributed by atoms with Crippen LogP contribution < -0.4 is 5.32 Å². The summed E-state index contributed by atoms with van der Waals surface area (Å²) in [5, 5.41) is 2.95. The van der Waals surface area contributed by atoms with Crippen LogP contribution in [0.4, 0.5) is 4.79 Å². The molecule has 40 heavy (non-hydrogen) atoms. The summed E-state index contributed by atoms with van der Waals surface area (Å²) in [5.74, 6) is -1.18. The lowest BCUT2D eigenvalue weighted by atomic mass is 9.69. The molecule has 210 valence electrons. The zero-order valence-corrected chi connectivity index (χ0v) is 23.6. The molecule has 0 aliphatic carbocycles. The van der Waals surface area contributed by atoms with Crippen LogP contribution in [0, 0.1) is 5.92 Å². The Bertz CT molecular complexity index is 1290. The first-order chi connectivity index (χ1) is 19.1. The van der Waals surface area contributed by atoms with Crippen molar-refractivity contribution in [2.24, 2.45) is 5.92 Å². The van der Waals surface area contributed by atoms with E-state index in [9.17, 15) is 14.4 Å². The van der Waals surface area contributed by atoms with E-state index in [1.807, 2.05) is 112 Å². The average Bonchev–Trinajstić information content (AvgIpc) is 2.94. The molecule has 0 aromatic heterocycles. The van der Waals surface area contributed by atoms with Crippen molar-refractivity contribution < 1.29 is 23.9 Å². The summed E-state index contributed by atoms with van der Waals surface area (Å²) in [4.78, 5) is 41.7. The minimum absolute atomic E-state index is 0.125. The van der Waals surface area contributed by atoms with E-state index in [0.717, 1.165) is 16.7 Å². The van der Waals surface area contributed by atoms with E-state index in [4.69, 9.17) is 9.47 Å². The molecule has 3 aromatic rings. The first-order valence-electron chi connectivity index (χ1n) is 13.7. The summed E-state index contributed by atoms with van der Waals surface area (Å²) in [6, 6.07) is 28.3. The van der Waals surface area contributed by atoms with Crippen molar-refractivity contribution in [1.82, 2.24) is 10.2 Å². The van der Waals surface area contributed by atoms with E-state index in [1.165, 1.54) is 0 Å². The molecular formula is C33H38N2O5. The predicted octanol–water partition coefficient (Wildman–Crippen LogP) is 5.33. The maximum atomic E-state index is 13.8. The van der Waals surface area contributed by atoms with E-state index in [2.05, 4.69) is 5.32 Å². The number of nitrogens with one attached hydrogen (secondary N) is 1. The van der Waals surface area contributed by atoms with Gasteiger partial charge in [-0.3, -0.25) is 4.79 Å². The SMILES string of the molecule is C[C@@H]1C(=O)N(C[C@H](Cc2ccccc2)NC(=O)OCc2ccccc2)[C@]1(Cc1ccccc1)C(=O)OC(C)(C)C. The third-order valence-electron chi connectivity index (χ3n) is 7.17. The summed E-state index contributed by atoms with van der Waals surface area (Å²) >= 11 is 0. The Morgan fingerprint density at radius 2 is 1.40 bits per heavy atom. The standard InChI is InChI=1S/C33H38N2O5/c1-24-29(36)35(33(24,30(37)40-32(2,3)4)21-26-16-10-6-11-17-26)22-28(20-25-14-8-5-9-15-25)34-31(38)39-23-27-18-12-7-13-19-27/h5-19,24,28H,20-23H2,1-4H3,(H,34,38)/t24-,28+,33+/m1/s1. The molecule has 1 fully saturated rings. The van der Waals surface area contributed by atoms with Crippen LogP contribution in [-0.4, -0.2) is 46.6 Å². The third-order valence-corrected chi connectivity index (χ3v) is 7.17. The number of hydrogen-bond acceptors (Lipinski definition) is 5. The molecule has 1 heterocycles. The van der Waals surface area contributed by atoms with Gasteiger partial charge in [0.15, 0.2) is 5.54 Å². The lowest BCUT2D eigenvalue weighted by Crippen LogP contribution is -2.77. The highest BCUT2D eigenvalue weighted by atomic mass is 16.6. The number of esters is 1. The summed E-state index contributed by atoms with van der Waals surface area (Å²) in [7, 11) is 0. The van der Waals surface area contributed by atoms with Gasteiger partial charge in [0.1, 0.15) is 12.2 Å². The third kappa shape index (κ3) is 6.89. The van der Waals surface area contributed by atoms with Crippen LogP contribution in [0.2, 0.25) is 0 Å². The molecule has 1 saturated heterocycles. The number of carbonyl (C=O) groups excluding carboxylic acids is 3. The highest BCUT2D eigenvalue weighted by molar-refractivity contribution is 6.01. The molecule has 7 nitrogen and oxygen atoms in total. The largest absolute Gasteiger partial charge is 0.458 e. The highest BCUT2D eigenvalue weighted by Gasteiger charge is 2.64. The zero-order chi connectivity index (χ0) is 28.8. The van der Waals surface area contributed by atoms with Gasteiger partial charge in [-0.2, -0.15) is 0 Å². The predicted molar refractivity (Wildman–Crippen MR) is 153 cm³/mol. The number of rotatable bonds is 10. The van der Waals surface area contributed by atoms with Crippen molar-refractivity contribution in [2.45, 2.75) is 64.3 Å². The molecule has 1 aliphatic rings. The van der Waals surface area contributed by atoms with Gasteiger partial charge in [-0.15, -0.1) is 0 Å². The molecule has 0 spiro atoms. The first kappa shape index (κ1) is 28.9. The molecule has 3 atom stereocenters. The van der Waals surface area contributed by atoms with Crippen molar-refractivity contribution in [3.8, 4) is 0 Å². The smallest absolute Gasteiger partial charge is 0.407 e. The van der Waals surface area contributed by atoms with E-state index in [-0.39, 0.29) is 19.1 Å². The van der Waals surface area contributed by atoms with Crippen molar-refractivity contribution in [3.63, 3.8) is 0 Å². The van der Waals surface area contributed by atoms with Crippen molar-refractivity contribution in [2.75, 3.05) is 6.54 Å². The Morgan fingerprint density at radius 3 is 1.95 bits per heavy atom. The normalized spacial score (nSPS) is 19.4. The minimum atomic E-state index is -1.20. The summed E-state index contributed by atoms with van der Waals surface area (Å²) in [6.45, 7) is 7.49.